The van der Waals surface area contributed by atoms with Crippen LogP contribution >= 0.6 is 0 Å². The third-order valence-corrected chi connectivity index (χ3v) is 5.06. The van der Waals surface area contributed by atoms with E-state index in [0.717, 1.165) is 25.7 Å². The van der Waals surface area contributed by atoms with Gasteiger partial charge in [-0.2, -0.15) is 0 Å². The van der Waals surface area contributed by atoms with Gasteiger partial charge < -0.3 is 19.5 Å². The van der Waals surface area contributed by atoms with E-state index < -0.39 is 11.9 Å². The Balaban J connectivity index is 1.43. The number of ether oxygens (including phenoxy) is 3. The van der Waals surface area contributed by atoms with Crippen molar-refractivity contribution < 1.29 is 23.8 Å². The third-order valence-electron chi connectivity index (χ3n) is 5.06. The van der Waals surface area contributed by atoms with Crippen LogP contribution in [0, 0.1) is 0 Å². The van der Waals surface area contributed by atoms with Crippen molar-refractivity contribution in [3.05, 3.63) is 48.0 Å². The Hall–Kier alpha value is -3.22. The van der Waals surface area contributed by atoms with Crippen LogP contribution in [0.25, 0.3) is 0 Å². The molecule has 2 aromatic rings. The van der Waals surface area contributed by atoms with Crippen molar-refractivity contribution in [3.63, 3.8) is 0 Å². The van der Waals surface area contributed by atoms with Crippen LogP contribution in [0.1, 0.15) is 49.4 Å². The van der Waals surface area contributed by atoms with Crippen molar-refractivity contribution in [2.45, 2.75) is 44.8 Å². The largest absolute Gasteiger partial charge is 0.450 e. The molecule has 2 N–H and O–H groups in total. The molecule has 0 radical (unpaired) electrons. The minimum Gasteiger partial charge on any atom is -0.450 e. The van der Waals surface area contributed by atoms with Gasteiger partial charge in [0.1, 0.15) is 0 Å². The van der Waals surface area contributed by atoms with E-state index >= 15 is 0 Å². The minimum absolute atomic E-state index is 0.275. The monoisotopic (exact) mass is 396 g/mol. The Bertz CT molecular complexity index is 921. The topological polar surface area (TPSA) is 85.9 Å². The lowest BCUT2D eigenvalue weighted by atomic mass is 9.94. The lowest BCUT2D eigenvalue weighted by Gasteiger charge is -2.31. The van der Waals surface area contributed by atoms with E-state index in [1.54, 1.807) is 43.3 Å². The Morgan fingerprint density at radius 3 is 2.52 bits per heavy atom. The van der Waals surface area contributed by atoms with E-state index in [2.05, 4.69) is 10.6 Å². The molecule has 0 unspecified atom stereocenters. The van der Waals surface area contributed by atoms with E-state index in [0.29, 0.717) is 28.4 Å². The van der Waals surface area contributed by atoms with Gasteiger partial charge in [0.2, 0.25) is 0 Å². The quantitative estimate of drug-likeness (QED) is 0.765. The number of hydrogen-bond donors (Lipinski definition) is 2. The number of amides is 2. The molecule has 4 rings (SSSR count). The summed E-state index contributed by atoms with van der Waals surface area (Å²) in [6.45, 7) is 2.00. The van der Waals surface area contributed by atoms with Gasteiger partial charge in [-0.15, -0.1) is 0 Å². The Morgan fingerprint density at radius 2 is 1.72 bits per heavy atom. The fourth-order valence-electron chi connectivity index (χ4n) is 3.69. The molecule has 1 aliphatic carbocycles. The number of carbonyl (C=O) groups is 2. The first kappa shape index (κ1) is 19.1. The fraction of sp³-hybridized carbons (Fsp3) is 0.364. The maximum atomic E-state index is 12.6. The first-order valence-corrected chi connectivity index (χ1v) is 9.94. The van der Waals surface area contributed by atoms with Crippen molar-refractivity contribution in [1.29, 1.82) is 0 Å². The number of hydrogen-bond acceptors (Lipinski definition) is 5. The van der Waals surface area contributed by atoms with E-state index in [-0.39, 0.29) is 12.5 Å². The zero-order chi connectivity index (χ0) is 20.3. The second kappa shape index (κ2) is 8.03. The highest BCUT2D eigenvalue weighted by atomic mass is 16.7. The van der Waals surface area contributed by atoms with Gasteiger partial charge in [0.15, 0.2) is 11.5 Å². The predicted octanol–water partition coefficient (Wildman–Crippen LogP) is 4.94. The highest BCUT2D eigenvalue weighted by molar-refractivity contribution is 6.05. The van der Waals surface area contributed by atoms with Gasteiger partial charge in [-0.3, -0.25) is 10.1 Å². The molecule has 1 spiro atoms. The standard InChI is InChI=1S/C22H24N2O5/c1-2-27-21(26)24-16-8-6-7-15(13-16)20(25)23-17-9-10-18-19(14-17)29-22(28-18)11-4-3-5-12-22/h6-10,13-14H,2-5,11-12H2,1H3,(H,23,25)(H,24,26). The van der Waals surface area contributed by atoms with Gasteiger partial charge in [-0.05, 0) is 50.1 Å². The summed E-state index contributed by atoms with van der Waals surface area (Å²) in [6.07, 6.45) is 4.59. The molecule has 0 saturated heterocycles. The number of anilines is 2. The van der Waals surface area contributed by atoms with Gasteiger partial charge in [-0.1, -0.05) is 12.5 Å². The van der Waals surface area contributed by atoms with E-state index in [1.165, 1.54) is 6.42 Å². The fourth-order valence-corrected chi connectivity index (χ4v) is 3.69. The van der Waals surface area contributed by atoms with Gasteiger partial charge in [-0.25, -0.2) is 4.79 Å². The molecule has 1 heterocycles. The molecular formula is C22H24N2O5. The second-order valence-electron chi connectivity index (χ2n) is 7.22. The summed E-state index contributed by atoms with van der Waals surface area (Å²) in [7, 11) is 0. The van der Waals surface area contributed by atoms with Crippen LogP contribution in [0.15, 0.2) is 42.5 Å². The zero-order valence-electron chi connectivity index (χ0n) is 16.3. The number of benzene rings is 2. The molecule has 1 fully saturated rings. The maximum absolute atomic E-state index is 12.6. The van der Waals surface area contributed by atoms with Crippen molar-refractivity contribution in [3.8, 4) is 11.5 Å². The van der Waals surface area contributed by atoms with Crippen molar-refractivity contribution in [2.24, 2.45) is 0 Å². The Kier molecular flexibility index (Phi) is 5.29. The van der Waals surface area contributed by atoms with Crippen molar-refractivity contribution in [2.75, 3.05) is 17.2 Å². The molecule has 1 saturated carbocycles. The second-order valence-corrected chi connectivity index (χ2v) is 7.22. The molecule has 7 nitrogen and oxygen atoms in total. The lowest BCUT2D eigenvalue weighted by molar-refractivity contribution is -0.105. The highest BCUT2D eigenvalue weighted by Crippen LogP contribution is 2.46. The van der Waals surface area contributed by atoms with E-state index in [4.69, 9.17) is 14.2 Å². The van der Waals surface area contributed by atoms with Crippen LogP contribution < -0.4 is 20.1 Å². The number of nitrogens with one attached hydrogen (secondary N) is 2. The zero-order valence-corrected chi connectivity index (χ0v) is 16.3. The molecule has 7 heteroatoms. The van der Waals surface area contributed by atoms with Crippen molar-refractivity contribution >= 4 is 23.4 Å². The van der Waals surface area contributed by atoms with Crippen LogP contribution in [0.3, 0.4) is 0 Å². The van der Waals surface area contributed by atoms with Crippen LogP contribution in [-0.2, 0) is 4.74 Å². The lowest BCUT2D eigenvalue weighted by Crippen LogP contribution is -2.40. The SMILES string of the molecule is CCOC(=O)Nc1cccc(C(=O)Nc2ccc3c(c2)OC2(CCCCC2)O3)c1. The molecule has 29 heavy (non-hydrogen) atoms. The maximum Gasteiger partial charge on any atom is 0.411 e. The summed E-state index contributed by atoms with van der Waals surface area (Å²) >= 11 is 0. The predicted molar refractivity (Wildman–Crippen MR) is 109 cm³/mol. The van der Waals surface area contributed by atoms with Gasteiger partial charge >= 0.3 is 6.09 Å². The molecule has 2 aliphatic rings. The van der Waals surface area contributed by atoms with E-state index in [9.17, 15) is 9.59 Å². The van der Waals surface area contributed by atoms with Crippen LogP contribution in [-0.4, -0.2) is 24.4 Å². The Labute approximate surface area is 169 Å². The van der Waals surface area contributed by atoms with Crippen LogP contribution in [0.4, 0.5) is 16.2 Å². The molecular weight excluding hydrogens is 372 g/mol. The highest BCUT2D eigenvalue weighted by Gasteiger charge is 2.42. The van der Waals surface area contributed by atoms with Crippen LogP contribution in [0.2, 0.25) is 0 Å². The van der Waals surface area contributed by atoms with Gasteiger partial charge in [0.05, 0.1) is 6.61 Å². The summed E-state index contributed by atoms with van der Waals surface area (Å²) in [6, 6.07) is 12.1. The smallest absolute Gasteiger partial charge is 0.411 e. The van der Waals surface area contributed by atoms with E-state index in [1.807, 2.05) is 6.07 Å². The van der Waals surface area contributed by atoms with Crippen LogP contribution in [0.5, 0.6) is 11.5 Å². The number of carbonyl (C=O) groups excluding carboxylic acids is 2. The number of fused-ring (bicyclic) bond motifs is 1. The summed E-state index contributed by atoms with van der Waals surface area (Å²) in [5, 5.41) is 5.46. The molecule has 0 bridgehead atoms. The average Bonchev–Trinajstić information content (AvgIpc) is 3.05. The first-order valence-electron chi connectivity index (χ1n) is 9.94. The molecule has 2 aromatic carbocycles. The third kappa shape index (κ3) is 4.29. The first-order chi connectivity index (χ1) is 14.1. The summed E-state index contributed by atoms with van der Waals surface area (Å²) in [5.74, 6) is 0.535. The molecule has 0 aromatic heterocycles. The normalized spacial score (nSPS) is 16.3. The number of rotatable bonds is 4. The average molecular weight is 396 g/mol. The summed E-state index contributed by atoms with van der Waals surface area (Å²) in [5.41, 5.74) is 1.52. The van der Waals surface area contributed by atoms with Gasteiger partial charge in [0.25, 0.3) is 11.7 Å². The molecule has 2 amide bonds. The van der Waals surface area contributed by atoms with Gasteiger partial charge in [0, 0.05) is 35.8 Å². The Morgan fingerprint density at radius 1 is 0.966 bits per heavy atom. The minimum atomic E-state index is -0.558. The summed E-state index contributed by atoms with van der Waals surface area (Å²) in [4.78, 5) is 24.2. The molecule has 152 valence electrons. The van der Waals surface area contributed by atoms with Crippen molar-refractivity contribution in [1.82, 2.24) is 0 Å². The summed E-state index contributed by atoms with van der Waals surface area (Å²) < 4.78 is 17.0. The molecule has 0 atom stereocenters. The molecule has 1 aliphatic heterocycles.